The number of halogens is 1. The third-order valence-corrected chi connectivity index (χ3v) is 4.25. The molecule has 0 radical (unpaired) electrons. The monoisotopic (exact) mass is 345 g/mol. The van der Waals surface area contributed by atoms with Gasteiger partial charge in [0.05, 0.1) is 6.04 Å². The number of hydrogen-bond donors (Lipinski definition) is 1. The molecular weight excluding hydrogens is 322 g/mol. The lowest BCUT2D eigenvalue weighted by Gasteiger charge is -2.24. The van der Waals surface area contributed by atoms with E-state index < -0.39 is 0 Å². The van der Waals surface area contributed by atoms with Gasteiger partial charge in [-0.3, -0.25) is 9.69 Å². The van der Waals surface area contributed by atoms with E-state index in [0.717, 1.165) is 5.69 Å². The smallest absolute Gasteiger partial charge is 0.241 e. The molecule has 1 N–H and O–H groups in total. The molecular formula is C19H24ClN3O. The summed E-state index contributed by atoms with van der Waals surface area (Å²) < 4.78 is 0. The van der Waals surface area contributed by atoms with E-state index in [2.05, 4.69) is 34.5 Å². The fourth-order valence-electron chi connectivity index (χ4n) is 2.34. The summed E-state index contributed by atoms with van der Waals surface area (Å²) in [4.78, 5) is 16.5. The van der Waals surface area contributed by atoms with Crippen LogP contribution in [0.5, 0.6) is 0 Å². The van der Waals surface area contributed by atoms with Crippen molar-refractivity contribution in [3.05, 3.63) is 59.1 Å². The molecule has 1 atom stereocenters. The van der Waals surface area contributed by atoms with E-state index >= 15 is 0 Å². The molecule has 0 fully saturated rings. The maximum atomic E-state index is 12.4. The van der Waals surface area contributed by atoms with Crippen molar-refractivity contribution in [2.75, 3.05) is 31.4 Å². The zero-order valence-electron chi connectivity index (χ0n) is 14.6. The van der Waals surface area contributed by atoms with Gasteiger partial charge in [0, 0.05) is 37.0 Å². The van der Waals surface area contributed by atoms with Crippen LogP contribution in [0.3, 0.4) is 0 Å². The van der Waals surface area contributed by atoms with Gasteiger partial charge in [-0.1, -0.05) is 29.8 Å². The first-order valence-electron chi connectivity index (χ1n) is 7.90. The first kappa shape index (κ1) is 18.3. The predicted molar refractivity (Wildman–Crippen MR) is 102 cm³/mol. The Morgan fingerprint density at radius 2 is 1.79 bits per heavy atom. The molecule has 0 aliphatic carbocycles. The molecule has 2 rings (SSSR count). The molecule has 128 valence electrons. The molecule has 2 aromatic carbocycles. The minimum absolute atomic E-state index is 0.0512. The molecule has 2 aromatic rings. The first-order valence-corrected chi connectivity index (χ1v) is 8.27. The van der Waals surface area contributed by atoms with Gasteiger partial charge in [-0.2, -0.15) is 0 Å². The van der Waals surface area contributed by atoms with Crippen molar-refractivity contribution in [2.45, 2.75) is 19.5 Å². The van der Waals surface area contributed by atoms with Crippen LogP contribution in [0.25, 0.3) is 0 Å². The van der Waals surface area contributed by atoms with Crippen molar-refractivity contribution in [3.63, 3.8) is 0 Å². The molecule has 0 bridgehead atoms. The topological polar surface area (TPSA) is 35.6 Å². The molecule has 0 heterocycles. The lowest BCUT2D eigenvalue weighted by atomic mass is 10.1. The van der Waals surface area contributed by atoms with Crippen LogP contribution >= 0.6 is 11.6 Å². The highest BCUT2D eigenvalue weighted by Gasteiger charge is 2.18. The molecule has 0 saturated carbocycles. The number of benzene rings is 2. The van der Waals surface area contributed by atoms with Crippen molar-refractivity contribution in [3.8, 4) is 0 Å². The number of carbonyl (C=O) groups excluding carboxylic acids is 1. The van der Waals surface area contributed by atoms with Gasteiger partial charge in [-0.15, -0.1) is 0 Å². The minimum Gasteiger partial charge on any atom is -0.378 e. The Kier molecular flexibility index (Phi) is 6.23. The molecule has 0 unspecified atom stereocenters. The Morgan fingerprint density at radius 3 is 2.38 bits per heavy atom. The van der Waals surface area contributed by atoms with Crippen molar-refractivity contribution < 1.29 is 4.79 Å². The minimum atomic E-state index is -0.252. The lowest BCUT2D eigenvalue weighted by Crippen LogP contribution is -2.39. The second-order valence-electron chi connectivity index (χ2n) is 6.15. The molecule has 0 saturated heterocycles. The van der Waals surface area contributed by atoms with Crippen LogP contribution in [-0.4, -0.2) is 38.0 Å². The van der Waals surface area contributed by atoms with Gasteiger partial charge in [-0.25, -0.2) is 0 Å². The lowest BCUT2D eigenvalue weighted by molar-refractivity contribution is -0.120. The number of nitrogens with one attached hydrogen (secondary N) is 1. The summed E-state index contributed by atoms with van der Waals surface area (Å²) in [7, 11) is 5.98. The van der Waals surface area contributed by atoms with E-state index in [4.69, 9.17) is 11.6 Å². The zero-order valence-corrected chi connectivity index (χ0v) is 15.3. The van der Waals surface area contributed by atoms with E-state index in [1.807, 2.05) is 45.1 Å². The van der Waals surface area contributed by atoms with Gasteiger partial charge in [0.2, 0.25) is 5.91 Å². The van der Waals surface area contributed by atoms with E-state index in [9.17, 15) is 4.79 Å². The van der Waals surface area contributed by atoms with Crippen LogP contribution in [0.4, 0.5) is 11.4 Å². The number of likely N-dealkylation sites (N-methyl/N-ethyl adjacent to an activating group) is 1. The molecule has 4 nitrogen and oxygen atoms in total. The Balaban J connectivity index is 1.95. The molecule has 24 heavy (non-hydrogen) atoms. The molecule has 0 spiro atoms. The van der Waals surface area contributed by atoms with Gasteiger partial charge in [0.15, 0.2) is 0 Å². The fourth-order valence-corrected chi connectivity index (χ4v) is 2.53. The first-order chi connectivity index (χ1) is 11.4. The maximum Gasteiger partial charge on any atom is 0.241 e. The molecule has 0 aliphatic heterocycles. The Labute approximate surface area is 149 Å². The van der Waals surface area contributed by atoms with Crippen molar-refractivity contribution in [2.24, 2.45) is 0 Å². The van der Waals surface area contributed by atoms with Crippen LogP contribution in [-0.2, 0) is 11.3 Å². The van der Waals surface area contributed by atoms with E-state index in [1.54, 1.807) is 12.1 Å². The number of hydrogen-bond acceptors (Lipinski definition) is 3. The molecule has 0 aromatic heterocycles. The number of nitrogens with zero attached hydrogens (tertiary/aromatic N) is 2. The summed E-state index contributed by atoms with van der Waals surface area (Å²) >= 11 is 5.95. The molecule has 1 amide bonds. The average molecular weight is 346 g/mol. The highest BCUT2D eigenvalue weighted by molar-refractivity contribution is 6.30. The summed E-state index contributed by atoms with van der Waals surface area (Å²) in [6, 6.07) is 15.3. The third-order valence-electron chi connectivity index (χ3n) is 4.02. The van der Waals surface area contributed by atoms with E-state index in [-0.39, 0.29) is 11.9 Å². The van der Waals surface area contributed by atoms with Crippen molar-refractivity contribution >= 4 is 28.9 Å². The second-order valence-corrected chi connectivity index (χ2v) is 6.59. The second kappa shape index (κ2) is 8.18. The number of amides is 1. The van der Waals surface area contributed by atoms with Gasteiger partial charge < -0.3 is 10.2 Å². The summed E-state index contributed by atoms with van der Waals surface area (Å²) in [6.45, 7) is 2.60. The third kappa shape index (κ3) is 4.98. The highest BCUT2D eigenvalue weighted by atomic mass is 35.5. The van der Waals surface area contributed by atoms with Crippen molar-refractivity contribution in [1.29, 1.82) is 0 Å². The molecule has 5 heteroatoms. The van der Waals surface area contributed by atoms with E-state index in [0.29, 0.717) is 17.3 Å². The summed E-state index contributed by atoms with van der Waals surface area (Å²) in [5.74, 6) is -0.0512. The fraction of sp³-hybridized carbons (Fsp3) is 0.316. The van der Waals surface area contributed by atoms with Gasteiger partial charge >= 0.3 is 0 Å². The SMILES string of the molecule is C[C@@H](C(=O)Nc1cccc(Cl)c1)N(C)Cc1ccc(N(C)C)cc1. The number of carbonyl (C=O) groups is 1. The Bertz CT molecular complexity index is 685. The van der Waals surface area contributed by atoms with Crippen LogP contribution in [0.15, 0.2) is 48.5 Å². The van der Waals surface area contributed by atoms with Gasteiger partial charge in [0.1, 0.15) is 0 Å². The van der Waals surface area contributed by atoms with Crippen molar-refractivity contribution in [1.82, 2.24) is 4.90 Å². The van der Waals surface area contributed by atoms with Crippen LogP contribution in [0.1, 0.15) is 12.5 Å². The van der Waals surface area contributed by atoms with Crippen LogP contribution < -0.4 is 10.2 Å². The zero-order chi connectivity index (χ0) is 17.7. The van der Waals surface area contributed by atoms with Gasteiger partial charge in [-0.05, 0) is 49.9 Å². The van der Waals surface area contributed by atoms with Crippen LogP contribution in [0.2, 0.25) is 5.02 Å². The maximum absolute atomic E-state index is 12.4. The van der Waals surface area contributed by atoms with Gasteiger partial charge in [0.25, 0.3) is 0 Å². The largest absolute Gasteiger partial charge is 0.378 e. The van der Waals surface area contributed by atoms with Crippen LogP contribution in [0, 0.1) is 0 Å². The molecule has 0 aliphatic rings. The summed E-state index contributed by atoms with van der Waals surface area (Å²) in [5.41, 5.74) is 3.04. The number of rotatable bonds is 6. The summed E-state index contributed by atoms with van der Waals surface area (Å²) in [6.07, 6.45) is 0. The Morgan fingerprint density at radius 1 is 1.12 bits per heavy atom. The quantitative estimate of drug-likeness (QED) is 0.863. The Hall–Kier alpha value is -2.04. The highest BCUT2D eigenvalue weighted by Crippen LogP contribution is 2.17. The number of anilines is 2. The predicted octanol–water partition coefficient (Wildman–Crippen LogP) is 3.87. The standard InChI is InChI=1S/C19H24ClN3O/c1-14(19(24)21-17-7-5-6-16(20)12-17)23(4)13-15-8-10-18(11-9-15)22(2)3/h5-12,14H,13H2,1-4H3,(H,21,24)/t14-/m0/s1. The van der Waals surface area contributed by atoms with E-state index in [1.165, 1.54) is 5.56 Å². The normalized spacial score (nSPS) is 12.1. The summed E-state index contributed by atoms with van der Waals surface area (Å²) in [5, 5.41) is 3.51. The average Bonchev–Trinajstić information content (AvgIpc) is 2.54.